The fourth-order valence-corrected chi connectivity index (χ4v) is 3.89. The van der Waals surface area contributed by atoms with E-state index in [4.69, 9.17) is 10.8 Å². The summed E-state index contributed by atoms with van der Waals surface area (Å²) in [5.41, 5.74) is 6.39. The number of carbonyl (C=O) groups is 4. The Balaban J connectivity index is 2.10. The third kappa shape index (κ3) is 7.54. The molecule has 0 unspecified atom stereocenters. The number of benzene rings is 1. The van der Waals surface area contributed by atoms with Crippen LogP contribution in [0.4, 0.5) is 0 Å². The first-order valence-corrected chi connectivity index (χ1v) is 11.2. The minimum absolute atomic E-state index is 0.0441. The van der Waals surface area contributed by atoms with Gasteiger partial charge in [0.15, 0.2) is 0 Å². The number of nitrogens with zero attached hydrogens (tertiary/aromatic N) is 1. The van der Waals surface area contributed by atoms with Crippen LogP contribution >= 0.6 is 0 Å². The van der Waals surface area contributed by atoms with E-state index in [0.717, 1.165) is 5.56 Å². The molecule has 1 aliphatic rings. The predicted octanol–water partition coefficient (Wildman–Crippen LogP) is -0.360. The molecule has 4 atom stereocenters. The van der Waals surface area contributed by atoms with Gasteiger partial charge in [-0.2, -0.15) is 0 Å². The van der Waals surface area contributed by atoms with Crippen molar-refractivity contribution in [2.45, 2.75) is 63.7 Å². The van der Waals surface area contributed by atoms with Crippen LogP contribution in [0.3, 0.4) is 0 Å². The highest BCUT2D eigenvalue weighted by Gasteiger charge is 2.38. The molecule has 3 amide bonds. The van der Waals surface area contributed by atoms with Crippen molar-refractivity contribution in [2.24, 2.45) is 11.7 Å². The van der Waals surface area contributed by atoms with Crippen molar-refractivity contribution in [3.63, 3.8) is 0 Å². The van der Waals surface area contributed by atoms with Gasteiger partial charge >= 0.3 is 5.97 Å². The highest BCUT2D eigenvalue weighted by Crippen LogP contribution is 2.19. The Kier molecular flexibility index (Phi) is 9.80. The molecule has 0 spiro atoms. The van der Waals surface area contributed by atoms with Gasteiger partial charge in [-0.25, -0.2) is 4.79 Å². The Morgan fingerprint density at radius 1 is 1.12 bits per heavy atom. The lowest BCUT2D eigenvalue weighted by Crippen LogP contribution is -2.57. The summed E-state index contributed by atoms with van der Waals surface area (Å²) in [6.45, 7) is 3.58. The topological polar surface area (TPSA) is 162 Å². The number of carboxylic acids is 1. The molecule has 33 heavy (non-hydrogen) atoms. The molecular formula is C23H34N4O6. The Bertz CT molecular complexity index is 832. The molecule has 0 aromatic heterocycles. The first kappa shape index (κ1) is 26.3. The van der Waals surface area contributed by atoms with Gasteiger partial charge in [-0.1, -0.05) is 44.2 Å². The quantitative estimate of drug-likeness (QED) is 0.300. The molecule has 0 aliphatic carbocycles. The Labute approximate surface area is 193 Å². The van der Waals surface area contributed by atoms with E-state index in [1.54, 1.807) is 24.3 Å². The fraction of sp³-hybridized carbons (Fsp3) is 0.565. The lowest BCUT2D eigenvalue weighted by molar-refractivity contribution is -0.143. The Morgan fingerprint density at radius 3 is 2.36 bits per heavy atom. The summed E-state index contributed by atoms with van der Waals surface area (Å²) in [6, 6.07) is 4.93. The molecule has 2 rings (SSSR count). The van der Waals surface area contributed by atoms with Crippen LogP contribution in [0.2, 0.25) is 0 Å². The molecule has 0 radical (unpaired) electrons. The van der Waals surface area contributed by atoms with Gasteiger partial charge < -0.3 is 31.5 Å². The number of aliphatic hydroxyl groups excluding tert-OH is 1. The van der Waals surface area contributed by atoms with Crippen LogP contribution in [0.25, 0.3) is 0 Å². The molecule has 1 saturated heterocycles. The van der Waals surface area contributed by atoms with E-state index in [9.17, 15) is 24.3 Å². The monoisotopic (exact) mass is 462 g/mol. The minimum atomic E-state index is -1.17. The second-order valence-electron chi connectivity index (χ2n) is 8.76. The van der Waals surface area contributed by atoms with E-state index < -0.39 is 54.5 Å². The number of carboxylic acid groups (broad SMARTS) is 1. The number of likely N-dealkylation sites (tertiary alicyclic amines) is 1. The van der Waals surface area contributed by atoms with Crippen molar-refractivity contribution < 1.29 is 29.4 Å². The van der Waals surface area contributed by atoms with Gasteiger partial charge in [-0.05, 0) is 30.7 Å². The summed E-state index contributed by atoms with van der Waals surface area (Å²) in [4.78, 5) is 51.4. The third-order valence-electron chi connectivity index (χ3n) is 5.59. The largest absolute Gasteiger partial charge is 0.480 e. The fourth-order valence-electron chi connectivity index (χ4n) is 3.89. The molecule has 10 heteroatoms. The summed E-state index contributed by atoms with van der Waals surface area (Å²) in [6.07, 6.45) is 1.42. The molecule has 10 nitrogen and oxygen atoms in total. The number of nitrogens with two attached hydrogens (primary N) is 1. The lowest BCUT2D eigenvalue weighted by Gasteiger charge is -2.28. The second-order valence-corrected chi connectivity index (χ2v) is 8.76. The number of amides is 3. The van der Waals surface area contributed by atoms with Crippen LogP contribution in [0.1, 0.15) is 38.7 Å². The summed E-state index contributed by atoms with van der Waals surface area (Å²) in [5.74, 6) is -2.74. The standard InChI is InChI=1S/C23H34N4O6/c1-14(2)11-17(20(29)26-18(23(32)33)12-15-7-4-3-5-8-15)25-21(30)19-9-6-10-27(19)22(31)16(24)13-28/h3-5,7-8,14,16-19,28H,6,9-13,24H2,1-2H3,(H,25,30)(H,26,29)(H,32,33)/t16-,17-,18-,19-/m0/s1. The van der Waals surface area contributed by atoms with Crippen LogP contribution in [-0.4, -0.2) is 76.1 Å². The van der Waals surface area contributed by atoms with E-state index in [-0.39, 0.29) is 12.3 Å². The van der Waals surface area contributed by atoms with Crippen LogP contribution in [0.5, 0.6) is 0 Å². The van der Waals surface area contributed by atoms with Crippen molar-refractivity contribution in [1.82, 2.24) is 15.5 Å². The predicted molar refractivity (Wildman–Crippen MR) is 121 cm³/mol. The molecule has 0 saturated carbocycles. The number of nitrogens with one attached hydrogen (secondary N) is 2. The molecule has 1 fully saturated rings. The molecule has 1 aromatic carbocycles. The van der Waals surface area contributed by atoms with Gasteiger partial charge in [0.1, 0.15) is 24.2 Å². The van der Waals surface area contributed by atoms with Crippen LogP contribution in [0.15, 0.2) is 30.3 Å². The van der Waals surface area contributed by atoms with Crippen molar-refractivity contribution in [3.8, 4) is 0 Å². The van der Waals surface area contributed by atoms with Crippen molar-refractivity contribution in [3.05, 3.63) is 35.9 Å². The van der Waals surface area contributed by atoms with Gasteiger partial charge in [0.2, 0.25) is 17.7 Å². The van der Waals surface area contributed by atoms with Crippen molar-refractivity contribution in [1.29, 1.82) is 0 Å². The second kappa shape index (κ2) is 12.3. The third-order valence-corrected chi connectivity index (χ3v) is 5.59. The van der Waals surface area contributed by atoms with Gasteiger partial charge in [-0.15, -0.1) is 0 Å². The number of aliphatic hydroxyl groups is 1. The van der Waals surface area contributed by atoms with Gasteiger partial charge in [-0.3, -0.25) is 14.4 Å². The normalized spacial score (nSPS) is 18.5. The number of aliphatic carboxylic acids is 1. The summed E-state index contributed by atoms with van der Waals surface area (Å²) in [7, 11) is 0. The maximum absolute atomic E-state index is 13.0. The van der Waals surface area contributed by atoms with Crippen molar-refractivity contribution >= 4 is 23.7 Å². The van der Waals surface area contributed by atoms with Crippen LogP contribution < -0.4 is 16.4 Å². The first-order chi connectivity index (χ1) is 15.6. The van der Waals surface area contributed by atoms with E-state index >= 15 is 0 Å². The first-order valence-electron chi connectivity index (χ1n) is 11.2. The van der Waals surface area contributed by atoms with Gasteiger partial charge in [0.25, 0.3) is 0 Å². The Morgan fingerprint density at radius 2 is 1.79 bits per heavy atom. The van der Waals surface area contributed by atoms with Crippen LogP contribution in [-0.2, 0) is 25.6 Å². The van der Waals surface area contributed by atoms with E-state index in [1.807, 2.05) is 19.9 Å². The number of hydrogen-bond donors (Lipinski definition) is 5. The molecule has 1 aromatic rings. The average Bonchev–Trinajstić information content (AvgIpc) is 3.27. The van der Waals surface area contributed by atoms with Gasteiger partial charge in [0, 0.05) is 13.0 Å². The summed E-state index contributed by atoms with van der Waals surface area (Å²) in [5, 5.41) is 24.0. The number of hydrogen-bond acceptors (Lipinski definition) is 6. The van der Waals surface area contributed by atoms with E-state index in [2.05, 4.69) is 10.6 Å². The highest BCUT2D eigenvalue weighted by atomic mass is 16.4. The zero-order valence-electron chi connectivity index (χ0n) is 19.1. The average molecular weight is 463 g/mol. The zero-order chi connectivity index (χ0) is 24.5. The smallest absolute Gasteiger partial charge is 0.326 e. The Hall–Kier alpha value is -2.98. The SMILES string of the molecule is CC(C)C[C@H](NC(=O)[C@@H]1CCCN1C(=O)[C@@H](N)CO)C(=O)N[C@@H](Cc1ccccc1)C(=O)O. The maximum Gasteiger partial charge on any atom is 0.326 e. The minimum Gasteiger partial charge on any atom is -0.480 e. The summed E-state index contributed by atoms with van der Waals surface area (Å²) < 4.78 is 0. The summed E-state index contributed by atoms with van der Waals surface area (Å²) >= 11 is 0. The maximum atomic E-state index is 13.0. The van der Waals surface area contributed by atoms with Crippen molar-refractivity contribution in [2.75, 3.05) is 13.2 Å². The zero-order valence-corrected chi connectivity index (χ0v) is 19.1. The van der Waals surface area contributed by atoms with E-state index in [0.29, 0.717) is 25.8 Å². The molecule has 0 bridgehead atoms. The van der Waals surface area contributed by atoms with Gasteiger partial charge in [0.05, 0.1) is 6.61 Å². The molecule has 182 valence electrons. The number of rotatable bonds is 11. The molecule has 1 heterocycles. The highest BCUT2D eigenvalue weighted by molar-refractivity contribution is 5.94. The number of carbonyl (C=O) groups excluding carboxylic acids is 3. The van der Waals surface area contributed by atoms with Crippen LogP contribution in [0, 0.1) is 5.92 Å². The molecular weight excluding hydrogens is 428 g/mol. The lowest BCUT2D eigenvalue weighted by atomic mass is 10.0. The van der Waals surface area contributed by atoms with E-state index in [1.165, 1.54) is 4.90 Å². The molecule has 1 aliphatic heterocycles. The molecule has 6 N–H and O–H groups in total.